The van der Waals surface area contributed by atoms with Crippen LogP contribution in [0, 0.1) is 0 Å². The minimum Gasteiger partial charge on any atom is -0.344 e. The van der Waals surface area contributed by atoms with Crippen LogP contribution >= 0.6 is 0 Å². The second kappa shape index (κ2) is 8.57. The third-order valence-corrected chi connectivity index (χ3v) is 6.81. The number of fused-ring (bicyclic) bond motifs is 1. The van der Waals surface area contributed by atoms with Gasteiger partial charge in [-0.1, -0.05) is 48.9 Å². The summed E-state index contributed by atoms with van der Waals surface area (Å²) in [5, 5.41) is 3.08. The highest BCUT2D eigenvalue weighted by molar-refractivity contribution is 7.88. The van der Waals surface area contributed by atoms with Crippen molar-refractivity contribution < 1.29 is 13.2 Å². The number of benzene rings is 2. The van der Waals surface area contributed by atoms with Gasteiger partial charge in [0.05, 0.1) is 23.3 Å². The first-order valence-corrected chi connectivity index (χ1v) is 12.0. The van der Waals surface area contributed by atoms with Crippen molar-refractivity contribution in [3.05, 3.63) is 66.0 Å². The molecule has 1 saturated heterocycles. The van der Waals surface area contributed by atoms with E-state index < -0.39 is 22.1 Å². The highest BCUT2D eigenvalue weighted by Crippen LogP contribution is 2.23. The molecule has 1 fully saturated rings. The Morgan fingerprint density at radius 3 is 2.63 bits per heavy atom. The van der Waals surface area contributed by atoms with Gasteiger partial charge in [-0.3, -0.25) is 4.79 Å². The Bertz CT molecular complexity index is 1090. The number of carbonyl (C=O) groups is 1. The van der Waals surface area contributed by atoms with Crippen molar-refractivity contribution in [1.29, 1.82) is 0 Å². The van der Waals surface area contributed by atoms with Gasteiger partial charge in [-0.25, -0.2) is 13.4 Å². The van der Waals surface area contributed by atoms with Crippen LogP contribution in [0.3, 0.4) is 0 Å². The number of nitrogens with one attached hydrogen (secondary N) is 2. The molecule has 158 valence electrons. The minimum absolute atomic E-state index is 0.276. The van der Waals surface area contributed by atoms with E-state index in [1.807, 2.05) is 54.6 Å². The minimum atomic E-state index is -3.45. The lowest BCUT2D eigenvalue weighted by Crippen LogP contribution is -2.52. The van der Waals surface area contributed by atoms with E-state index in [1.54, 1.807) is 0 Å². The molecule has 1 aliphatic heterocycles. The van der Waals surface area contributed by atoms with Gasteiger partial charge in [-0.05, 0) is 37.0 Å². The van der Waals surface area contributed by atoms with E-state index in [0.717, 1.165) is 29.4 Å². The van der Waals surface area contributed by atoms with Gasteiger partial charge in [-0.15, -0.1) is 0 Å². The van der Waals surface area contributed by atoms with Gasteiger partial charge < -0.3 is 10.3 Å². The van der Waals surface area contributed by atoms with Gasteiger partial charge >= 0.3 is 0 Å². The second-order valence-electron chi connectivity index (χ2n) is 7.78. The summed E-state index contributed by atoms with van der Waals surface area (Å²) in [6.45, 7) is 0.380. The van der Waals surface area contributed by atoms with Crippen LogP contribution in [-0.4, -0.2) is 47.4 Å². The molecular formula is C22H26N4O3S. The van der Waals surface area contributed by atoms with Gasteiger partial charge in [0.25, 0.3) is 0 Å². The molecule has 2 aromatic carbocycles. The van der Waals surface area contributed by atoms with E-state index in [0.29, 0.717) is 25.2 Å². The van der Waals surface area contributed by atoms with Crippen LogP contribution in [0.4, 0.5) is 0 Å². The molecule has 0 spiro atoms. The zero-order valence-electron chi connectivity index (χ0n) is 16.9. The Kier molecular flexibility index (Phi) is 5.87. The number of imidazole rings is 1. The van der Waals surface area contributed by atoms with Crippen molar-refractivity contribution in [1.82, 2.24) is 19.6 Å². The van der Waals surface area contributed by atoms with E-state index >= 15 is 0 Å². The summed E-state index contributed by atoms with van der Waals surface area (Å²) >= 11 is 0. The molecule has 30 heavy (non-hydrogen) atoms. The maximum Gasteiger partial charge on any atom is 0.239 e. The van der Waals surface area contributed by atoms with Gasteiger partial charge in [0, 0.05) is 6.54 Å². The first-order valence-electron chi connectivity index (χ1n) is 10.2. The number of nitrogens with zero attached hydrogens (tertiary/aromatic N) is 2. The van der Waals surface area contributed by atoms with Crippen molar-refractivity contribution in [3.63, 3.8) is 0 Å². The maximum atomic E-state index is 13.2. The van der Waals surface area contributed by atoms with E-state index in [-0.39, 0.29) is 5.91 Å². The number of H-pyrrole nitrogens is 1. The average Bonchev–Trinajstić information content (AvgIpc) is 3.18. The van der Waals surface area contributed by atoms with Gasteiger partial charge in [0.2, 0.25) is 15.9 Å². The standard InChI is InChI=1S/C22H26N4O3S/c1-30(28,29)26-14-8-7-13-20(26)22(27)25-19(15-16-9-3-2-4-10-16)21-23-17-11-5-6-12-18(17)24-21/h2-6,9-12,19-20H,7-8,13-15H2,1H3,(H,23,24)(H,25,27)/t19-,20-/m0/s1. The monoisotopic (exact) mass is 426 g/mol. The Labute approximate surface area is 176 Å². The summed E-state index contributed by atoms with van der Waals surface area (Å²) in [5.74, 6) is 0.386. The summed E-state index contributed by atoms with van der Waals surface area (Å²) in [5.41, 5.74) is 2.79. The fraction of sp³-hybridized carbons (Fsp3) is 0.364. The number of hydrogen-bond donors (Lipinski definition) is 2. The molecule has 0 aliphatic carbocycles. The summed E-state index contributed by atoms with van der Waals surface area (Å²) in [6.07, 6.45) is 3.85. The smallest absolute Gasteiger partial charge is 0.239 e. The lowest BCUT2D eigenvalue weighted by Gasteiger charge is -2.33. The van der Waals surface area contributed by atoms with Crippen LogP contribution in [0.25, 0.3) is 11.0 Å². The molecule has 0 unspecified atom stereocenters. The maximum absolute atomic E-state index is 13.2. The number of para-hydroxylation sites is 2. The Morgan fingerprint density at radius 1 is 1.17 bits per heavy atom. The van der Waals surface area contributed by atoms with Gasteiger partial charge in [-0.2, -0.15) is 4.31 Å². The van der Waals surface area contributed by atoms with Crippen LogP contribution in [-0.2, 0) is 21.2 Å². The normalized spacial score (nSPS) is 18.9. The van der Waals surface area contributed by atoms with E-state index in [1.165, 1.54) is 10.6 Å². The molecule has 0 saturated carbocycles. The van der Waals surface area contributed by atoms with Crippen molar-refractivity contribution in [2.24, 2.45) is 0 Å². The number of rotatable bonds is 6. The molecule has 3 aromatic rings. The summed E-state index contributed by atoms with van der Waals surface area (Å²) in [6, 6.07) is 16.5. The molecule has 0 bridgehead atoms. The topological polar surface area (TPSA) is 95.2 Å². The molecule has 2 heterocycles. The third kappa shape index (κ3) is 4.55. The molecule has 2 atom stereocenters. The molecule has 7 nitrogen and oxygen atoms in total. The lowest BCUT2D eigenvalue weighted by molar-refractivity contribution is -0.126. The highest BCUT2D eigenvalue weighted by atomic mass is 32.2. The molecular weight excluding hydrogens is 400 g/mol. The largest absolute Gasteiger partial charge is 0.344 e. The van der Waals surface area contributed by atoms with Crippen LogP contribution in [0.15, 0.2) is 54.6 Å². The molecule has 2 N–H and O–H groups in total. The number of amides is 1. The van der Waals surface area contributed by atoms with E-state index in [4.69, 9.17) is 0 Å². The van der Waals surface area contributed by atoms with E-state index in [9.17, 15) is 13.2 Å². The Hall–Kier alpha value is -2.71. The summed E-state index contributed by atoms with van der Waals surface area (Å²) in [7, 11) is -3.45. The highest BCUT2D eigenvalue weighted by Gasteiger charge is 2.35. The van der Waals surface area contributed by atoms with Crippen LogP contribution in [0.2, 0.25) is 0 Å². The van der Waals surface area contributed by atoms with E-state index in [2.05, 4.69) is 15.3 Å². The molecule has 1 amide bonds. The number of carbonyl (C=O) groups excluding carboxylic acids is 1. The number of sulfonamides is 1. The average molecular weight is 427 g/mol. The molecule has 4 rings (SSSR count). The Morgan fingerprint density at radius 2 is 1.90 bits per heavy atom. The molecule has 0 radical (unpaired) electrons. The van der Waals surface area contributed by atoms with Crippen LogP contribution in [0.5, 0.6) is 0 Å². The van der Waals surface area contributed by atoms with Gasteiger partial charge in [0.1, 0.15) is 11.9 Å². The van der Waals surface area contributed by atoms with Crippen LogP contribution < -0.4 is 5.32 Å². The summed E-state index contributed by atoms with van der Waals surface area (Å²) < 4.78 is 25.7. The zero-order valence-corrected chi connectivity index (χ0v) is 17.7. The first kappa shape index (κ1) is 20.6. The number of aromatic amines is 1. The third-order valence-electron chi connectivity index (χ3n) is 5.52. The number of aromatic nitrogens is 2. The van der Waals surface area contributed by atoms with Gasteiger partial charge in [0.15, 0.2) is 0 Å². The fourth-order valence-corrected chi connectivity index (χ4v) is 5.16. The van der Waals surface area contributed by atoms with Crippen molar-refractivity contribution in [2.75, 3.05) is 12.8 Å². The Balaban J connectivity index is 1.62. The predicted molar refractivity (Wildman–Crippen MR) is 116 cm³/mol. The predicted octanol–water partition coefficient (Wildman–Crippen LogP) is 2.78. The summed E-state index contributed by atoms with van der Waals surface area (Å²) in [4.78, 5) is 21.2. The number of hydrogen-bond acceptors (Lipinski definition) is 4. The SMILES string of the molecule is CS(=O)(=O)N1CCCC[C@H]1C(=O)N[C@@H](Cc1ccccc1)c1nc2ccccc2[nH]1. The zero-order chi connectivity index (χ0) is 21.1. The van der Waals surface area contributed by atoms with Crippen molar-refractivity contribution in [3.8, 4) is 0 Å². The number of piperidine rings is 1. The molecule has 1 aromatic heterocycles. The van der Waals surface area contributed by atoms with Crippen molar-refractivity contribution in [2.45, 2.75) is 37.8 Å². The lowest BCUT2D eigenvalue weighted by atomic mass is 10.0. The van der Waals surface area contributed by atoms with Crippen LogP contribution in [0.1, 0.15) is 36.7 Å². The fourth-order valence-electron chi connectivity index (χ4n) is 4.04. The quantitative estimate of drug-likeness (QED) is 0.634. The molecule has 8 heteroatoms. The second-order valence-corrected chi connectivity index (χ2v) is 9.71. The molecule has 1 aliphatic rings. The van der Waals surface area contributed by atoms with Crippen molar-refractivity contribution >= 4 is 27.0 Å². The first-order chi connectivity index (χ1) is 14.4.